The lowest BCUT2D eigenvalue weighted by Crippen LogP contribution is -2.35. The summed E-state index contributed by atoms with van der Waals surface area (Å²) in [7, 11) is 0. The molecular weight excluding hydrogens is 419 g/mol. The van der Waals surface area contributed by atoms with Crippen molar-refractivity contribution in [1.29, 1.82) is 0 Å². The largest absolute Gasteiger partial charge is 0.337 e. The summed E-state index contributed by atoms with van der Waals surface area (Å²) < 4.78 is 0. The number of benzene rings is 3. The van der Waals surface area contributed by atoms with E-state index >= 15 is 0 Å². The lowest BCUT2D eigenvalue weighted by atomic mass is 10.0. The van der Waals surface area contributed by atoms with Crippen LogP contribution in [0.3, 0.4) is 0 Å². The third kappa shape index (κ3) is 3.60. The fourth-order valence-corrected chi connectivity index (χ4v) is 3.80. The van der Waals surface area contributed by atoms with Crippen LogP contribution in [0.1, 0.15) is 12.5 Å². The van der Waals surface area contributed by atoms with Gasteiger partial charge in [-0.15, -0.1) is 0 Å². The van der Waals surface area contributed by atoms with Gasteiger partial charge in [-0.2, -0.15) is 0 Å². The second-order valence-electron chi connectivity index (χ2n) is 6.73. The van der Waals surface area contributed by atoms with Crippen LogP contribution in [0.2, 0.25) is 10.0 Å². The molecule has 0 unspecified atom stereocenters. The van der Waals surface area contributed by atoms with Crippen LogP contribution in [-0.4, -0.2) is 18.4 Å². The molecule has 6 heteroatoms. The first-order valence-electron chi connectivity index (χ1n) is 9.48. The SMILES string of the molecule is CCN(C1=C(c2ccc(Cl)cc2)C(=O)N(c2ccc(Cl)cc2)C1=O)c1ccccc1. The summed E-state index contributed by atoms with van der Waals surface area (Å²) in [4.78, 5) is 30.1. The molecule has 0 atom stereocenters. The molecule has 3 aromatic rings. The zero-order chi connectivity index (χ0) is 21.3. The van der Waals surface area contributed by atoms with E-state index in [4.69, 9.17) is 23.2 Å². The van der Waals surface area contributed by atoms with Gasteiger partial charge in [-0.25, -0.2) is 4.90 Å². The van der Waals surface area contributed by atoms with Gasteiger partial charge in [0.2, 0.25) is 0 Å². The Bertz CT molecular complexity index is 1120. The highest BCUT2D eigenvalue weighted by Gasteiger charge is 2.42. The number of hydrogen-bond donors (Lipinski definition) is 0. The number of hydrogen-bond acceptors (Lipinski definition) is 3. The van der Waals surface area contributed by atoms with Crippen LogP contribution in [0, 0.1) is 0 Å². The number of carbonyl (C=O) groups excluding carboxylic acids is 2. The molecule has 1 heterocycles. The molecule has 0 saturated heterocycles. The first-order valence-corrected chi connectivity index (χ1v) is 10.2. The second kappa shape index (κ2) is 8.34. The molecule has 0 spiro atoms. The van der Waals surface area contributed by atoms with Crippen molar-refractivity contribution in [3.05, 3.63) is 100 Å². The summed E-state index contributed by atoms with van der Waals surface area (Å²) in [6.45, 7) is 2.46. The van der Waals surface area contributed by atoms with Gasteiger partial charge >= 0.3 is 0 Å². The molecule has 0 aromatic heterocycles. The van der Waals surface area contributed by atoms with E-state index in [-0.39, 0.29) is 11.8 Å². The molecule has 30 heavy (non-hydrogen) atoms. The van der Waals surface area contributed by atoms with E-state index in [2.05, 4.69) is 0 Å². The van der Waals surface area contributed by atoms with Crippen molar-refractivity contribution >= 4 is 52.0 Å². The lowest BCUT2D eigenvalue weighted by Gasteiger charge is -2.25. The molecule has 0 aliphatic carbocycles. The van der Waals surface area contributed by atoms with Crippen molar-refractivity contribution in [2.75, 3.05) is 16.3 Å². The van der Waals surface area contributed by atoms with Gasteiger partial charge in [-0.05, 0) is 61.0 Å². The Labute approximate surface area is 184 Å². The summed E-state index contributed by atoms with van der Waals surface area (Å²) >= 11 is 12.0. The molecule has 0 bridgehead atoms. The fourth-order valence-electron chi connectivity index (χ4n) is 3.55. The number of halogens is 2. The molecule has 0 fully saturated rings. The minimum Gasteiger partial charge on any atom is -0.337 e. The lowest BCUT2D eigenvalue weighted by molar-refractivity contribution is -0.120. The topological polar surface area (TPSA) is 40.6 Å². The van der Waals surface area contributed by atoms with Crippen molar-refractivity contribution in [1.82, 2.24) is 0 Å². The number of anilines is 2. The fraction of sp³-hybridized carbons (Fsp3) is 0.0833. The van der Waals surface area contributed by atoms with Gasteiger partial charge in [-0.1, -0.05) is 53.5 Å². The third-order valence-corrected chi connectivity index (χ3v) is 5.44. The van der Waals surface area contributed by atoms with E-state index in [9.17, 15) is 9.59 Å². The number of carbonyl (C=O) groups is 2. The van der Waals surface area contributed by atoms with E-state index in [1.807, 2.05) is 42.2 Å². The normalized spacial score (nSPS) is 13.9. The minimum absolute atomic E-state index is 0.339. The van der Waals surface area contributed by atoms with E-state index in [1.54, 1.807) is 48.5 Å². The number of likely N-dealkylation sites (N-methyl/N-ethyl adjacent to an activating group) is 1. The standard InChI is InChI=1S/C24H18Cl2N2O2/c1-2-27(19-6-4-3-5-7-19)22-21(16-8-10-17(25)11-9-16)23(29)28(24(22)30)20-14-12-18(26)13-15-20/h3-15H,2H2,1H3. The van der Waals surface area contributed by atoms with Crippen molar-refractivity contribution < 1.29 is 9.59 Å². The minimum atomic E-state index is -0.381. The summed E-state index contributed by atoms with van der Waals surface area (Å²) in [6.07, 6.45) is 0. The summed E-state index contributed by atoms with van der Waals surface area (Å²) in [6, 6.07) is 23.1. The highest BCUT2D eigenvalue weighted by Crippen LogP contribution is 2.37. The summed E-state index contributed by atoms with van der Waals surface area (Å²) in [5.74, 6) is -0.757. The number of imide groups is 1. The van der Waals surface area contributed by atoms with Crippen molar-refractivity contribution in [3.63, 3.8) is 0 Å². The maximum atomic E-state index is 13.6. The number of nitrogens with zero attached hydrogens (tertiary/aromatic N) is 2. The van der Waals surface area contributed by atoms with Gasteiger partial charge in [0.05, 0.1) is 11.3 Å². The summed E-state index contributed by atoms with van der Waals surface area (Å²) in [5.41, 5.74) is 2.63. The first-order chi connectivity index (χ1) is 14.5. The molecule has 2 amide bonds. The smallest absolute Gasteiger partial charge is 0.282 e. The van der Waals surface area contributed by atoms with Gasteiger partial charge < -0.3 is 4.90 Å². The number of para-hydroxylation sites is 1. The molecule has 0 saturated carbocycles. The van der Waals surface area contributed by atoms with Gasteiger partial charge in [-0.3, -0.25) is 9.59 Å². The van der Waals surface area contributed by atoms with Crippen LogP contribution in [-0.2, 0) is 9.59 Å². The van der Waals surface area contributed by atoms with Gasteiger partial charge in [0.25, 0.3) is 11.8 Å². The van der Waals surface area contributed by atoms with Crippen LogP contribution in [0.25, 0.3) is 5.57 Å². The second-order valence-corrected chi connectivity index (χ2v) is 7.61. The molecule has 0 N–H and O–H groups in total. The van der Waals surface area contributed by atoms with Crippen molar-refractivity contribution in [2.24, 2.45) is 0 Å². The molecule has 4 rings (SSSR count). The Balaban J connectivity index is 1.90. The maximum absolute atomic E-state index is 13.6. The Kier molecular flexibility index (Phi) is 5.62. The molecule has 150 valence electrons. The zero-order valence-electron chi connectivity index (χ0n) is 16.2. The molecular formula is C24H18Cl2N2O2. The van der Waals surface area contributed by atoms with E-state index in [0.717, 1.165) is 5.69 Å². The Morgan fingerprint density at radius 1 is 0.767 bits per heavy atom. The predicted molar refractivity (Wildman–Crippen MR) is 122 cm³/mol. The number of amides is 2. The molecule has 0 radical (unpaired) electrons. The van der Waals surface area contributed by atoms with Crippen LogP contribution in [0.5, 0.6) is 0 Å². The van der Waals surface area contributed by atoms with Crippen molar-refractivity contribution in [2.45, 2.75) is 6.92 Å². The van der Waals surface area contributed by atoms with Crippen molar-refractivity contribution in [3.8, 4) is 0 Å². The zero-order valence-corrected chi connectivity index (χ0v) is 17.7. The molecule has 3 aromatic carbocycles. The Morgan fingerprint density at radius 3 is 1.90 bits per heavy atom. The Morgan fingerprint density at radius 2 is 1.33 bits per heavy atom. The highest BCUT2D eigenvalue weighted by molar-refractivity contribution is 6.46. The monoisotopic (exact) mass is 436 g/mol. The highest BCUT2D eigenvalue weighted by atomic mass is 35.5. The predicted octanol–water partition coefficient (Wildman–Crippen LogP) is 5.80. The maximum Gasteiger partial charge on any atom is 0.282 e. The molecule has 1 aliphatic rings. The van der Waals surface area contributed by atoms with E-state index in [0.29, 0.717) is 39.1 Å². The molecule has 4 nitrogen and oxygen atoms in total. The van der Waals surface area contributed by atoms with Crippen LogP contribution < -0.4 is 9.80 Å². The first kappa shape index (κ1) is 20.2. The van der Waals surface area contributed by atoms with Gasteiger partial charge in [0.15, 0.2) is 0 Å². The van der Waals surface area contributed by atoms with Crippen LogP contribution >= 0.6 is 23.2 Å². The molecule has 1 aliphatic heterocycles. The van der Waals surface area contributed by atoms with E-state index < -0.39 is 0 Å². The quantitative estimate of drug-likeness (QED) is 0.474. The average Bonchev–Trinajstić information content (AvgIpc) is 3.01. The summed E-state index contributed by atoms with van der Waals surface area (Å²) in [5, 5.41) is 1.09. The number of rotatable bonds is 5. The average molecular weight is 437 g/mol. The van der Waals surface area contributed by atoms with Crippen LogP contribution in [0.15, 0.2) is 84.6 Å². The Hall–Kier alpha value is -3.08. The van der Waals surface area contributed by atoms with Gasteiger partial charge in [0, 0.05) is 22.3 Å². The van der Waals surface area contributed by atoms with Gasteiger partial charge in [0.1, 0.15) is 5.70 Å². The third-order valence-electron chi connectivity index (χ3n) is 4.93. The van der Waals surface area contributed by atoms with E-state index in [1.165, 1.54) is 4.90 Å². The van der Waals surface area contributed by atoms with Crippen LogP contribution in [0.4, 0.5) is 11.4 Å².